The molecule has 0 aromatic heterocycles. The van der Waals surface area contributed by atoms with Gasteiger partial charge in [0.2, 0.25) is 0 Å². The molecule has 3 fully saturated rings. The van der Waals surface area contributed by atoms with Gasteiger partial charge >= 0.3 is 0 Å². The van der Waals surface area contributed by atoms with Crippen molar-refractivity contribution >= 4 is 11.6 Å². The average molecular weight is 464 g/mol. The number of hydrazone groups is 1. The third kappa shape index (κ3) is 5.10. The number of hydrogen-bond acceptors (Lipinski definition) is 6. The first-order chi connectivity index (χ1) is 15.5. The smallest absolute Gasteiger partial charge is 0.159 e. The van der Waals surface area contributed by atoms with Gasteiger partial charge in [0.05, 0.1) is 6.61 Å². The van der Waals surface area contributed by atoms with Crippen LogP contribution in [0.4, 0.5) is 0 Å². The largest absolute Gasteiger partial charge is 0.386 e. The summed E-state index contributed by atoms with van der Waals surface area (Å²) in [5.74, 6) is 8.39. The number of fused-ring (bicyclic) bond motifs is 3. The Bertz CT molecular complexity index is 725. The molecule has 7 heteroatoms. The van der Waals surface area contributed by atoms with Crippen molar-refractivity contribution in [3.8, 4) is 0 Å². The van der Waals surface area contributed by atoms with E-state index in [0.29, 0.717) is 23.6 Å². The number of methoxy groups -OCH3 is 1. The Morgan fingerprint density at radius 3 is 2.58 bits per heavy atom. The summed E-state index contributed by atoms with van der Waals surface area (Å²) in [6.45, 7) is 9.42. The third-order valence-corrected chi connectivity index (χ3v) is 9.60. The van der Waals surface area contributed by atoms with E-state index in [1.807, 2.05) is 7.11 Å². The van der Waals surface area contributed by atoms with E-state index >= 15 is 0 Å². The number of hydrazine groups is 1. The molecule has 0 aromatic carbocycles. The molecule has 3 aliphatic rings. The molecule has 3 rings (SSSR count). The van der Waals surface area contributed by atoms with Crippen molar-refractivity contribution in [2.45, 2.75) is 97.4 Å². The lowest BCUT2D eigenvalue weighted by Crippen LogP contribution is -2.68. The summed E-state index contributed by atoms with van der Waals surface area (Å²) in [6, 6.07) is 0. The van der Waals surface area contributed by atoms with Crippen LogP contribution in [-0.2, 0) is 9.53 Å². The molecule has 3 saturated carbocycles. The summed E-state index contributed by atoms with van der Waals surface area (Å²) < 4.78 is 5.87. The van der Waals surface area contributed by atoms with E-state index in [-0.39, 0.29) is 34.6 Å². The molecule has 1 unspecified atom stereocenters. The van der Waals surface area contributed by atoms with Crippen LogP contribution in [0.15, 0.2) is 5.10 Å². The van der Waals surface area contributed by atoms with Crippen LogP contribution in [0.1, 0.15) is 91.9 Å². The SMILES string of the molecule is CCC[C@H](C(=O)CN(N)/N=C(/C)N)[C@@]1(C)CCC2[C@@H](CC[C@]3(N)C[C@@H](C)CC[C@]23COC)C1. The van der Waals surface area contributed by atoms with E-state index < -0.39 is 0 Å². The topological polar surface area (TPSA) is 120 Å². The fourth-order valence-corrected chi connectivity index (χ4v) is 8.22. The Morgan fingerprint density at radius 2 is 1.94 bits per heavy atom. The number of rotatable bonds is 9. The molecule has 0 saturated heterocycles. The third-order valence-electron chi connectivity index (χ3n) is 9.60. The highest BCUT2D eigenvalue weighted by Crippen LogP contribution is 2.64. The molecule has 0 radical (unpaired) electrons. The van der Waals surface area contributed by atoms with Gasteiger partial charge in [-0.05, 0) is 87.9 Å². The van der Waals surface area contributed by atoms with Gasteiger partial charge in [0.25, 0.3) is 0 Å². The molecule has 7 atom stereocenters. The van der Waals surface area contributed by atoms with Crippen LogP contribution in [0.25, 0.3) is 0 Å². The van der Waals surface area contributed by atoms with E-state index in [0.717, 1.165) is 51.6 Å². The number of nitrogens with zero attached hydrogens (tertiary/aromatic N) is 2. The second-order valence-corrected chi connectivity index (χ2v) is 12.0. The molecule has 7 nitrogen and oxygen atoms in total. The van der Waals surface area contributed by atoms with Crippen molar-refractivity contribution in [2.24, 2.45) is 56.9 Å². The number of ketones is 1. The van der Waals surface area contributed by atoms with Crippen molar-refractivity contribution in [3.05, 3.63) is 0 Å². The van der Waals surface area contributed by atoms with E-state index in [1.165, 1.54) is 24.4 Å². The van der Waals surface area contributed by atoms with Crippen LogP contribution in [0.3, 0.4) is 0 Å². The predicted molar refractivity (Wildman–Crippen MR) is 134 cm³/mol. The van der Waals surface area contributed by atoms with Crippen LogP contribution in [0.5, 0.6) is 0 Å². The molecule has 0 spiro atoms. The lowest BCUT2D eigenvalue weighted by molar-refractivity contribution is -0.153. The summed E-state index contributed by atoms with van der Waals surface area (Å²) in [5, 5.41) is 5.24. The highest BCUT2D eigenvalue weighted by atomic mass is 16.5. The molecule has 3 aliphatic carbocycles. The van der Waals surface area contributed by atoms with Gasteiger partial charge in [-0.3, -0.25) is 4.79 Å². The molecule has 33 heavy (non-hydrogen) atoms. The maximum Gasteiger partial charge on any atom is 0.159 e. The fraction of sp³-hybridized carbons (Fsp3) is 0.923. The second kappa shape index (κ2) is 10.2. The summed E-state index contributed by atoms with van der Waals surface area (Å²) in [5.41, 5.74) is 12.8. The number of carbonyl (C=O) groups excluding carboxylic acids is 1. The standard InChI is InChI=1S/C26H49N5O2/c1-6-7-22(23(32)16-31(29)30-19(3)27)24(4)11-10-21-20(15-24)9-13-26(28)14-18(2)8-12-25(21,26)17-33-5/h18,20-22H,6-17,28-29H2,1-5H3,(H2,27,30)/t18-,20-,21?,22+,24-,25-,26-/m0/s1. The Kier molecular flexibility index (Phi) is 8.17. The van der Waals surface area contributed by atoms with E-state index in [2.05, 4.69) is 25.9 Å². The number of Topliss-reactive ketones (excluding diaryl/α,β-unsaturated/α-hetero) is 1. The van der Waals surface area contributed by atoms with Crippen LogP contribution in [-0.4, -0.2) is 42.5 Å². The summed E-state index contributed by atoms with van der Waals surface area (Å²) in [4.78, 5) is 13.4. The Labute approximate surface area is 201 Å². The van der Waals surface area contributed by atoms with Crippen molar-refractivity contribution in [1.82, 2.24) is 5.12 Å². The van der Waals surface area contributed by atoms with Gasteiger partial charge in [0, 0.05) is 24.0 Å². The quantitative estimate of drug-likeness (QED) is 0.207. The number of hydrogen-bond donors (Lipinski definition) is 3. The number of ether oxygens (including phenoxy) is 1. The molecule has 6 N–H and O–H groups in total. The summed E-state index contributed by atoms with van der Waals surface area (Å²) in [6.07, 6.45) is 10.9. The lowest BCUT2D eigenvalue weighted by Gasteiger charge is -2.64. The first-order valence-electron chi connectivity index (χ1n) is 13.1. The zero-order valence-corrected chi connectivity index (χ0v) is 21.7. The summed E-state index contributed by atoms with van der Waals surface area (Å²) >= 11 is 0. The number of nitrogens with two attached hydrogens (primary N) is 3. The molecule has 190 valence electrons. The molecule has 0 heterocycles. The minimum atomic E-state index is -0.119. The van der Waals surface area contributed by atoms with Crippen LogP contribution in [0.2, 0.25) is 0 Å². The van der Waals surface area contributed by atoms with E-state index in [9.17, 15) is 4.79 Å². The molecule has 0 aromatic rings. The van der Waals surface area contributed by atoms with Crippen LogP contribution in [0, 0.1) is 34.5 Å². The van der Waals surface area contributed by atoms with Crippen molar-refractivity contribution in [2.75, 3.05) is 20.3 Å². The van der Waals surface area contributed by atoms with Gasteiger partial charge in [0.15, 0.2) is 5.78 Å². The number of amidine groups is 1. The first-order valence-corrected chi connectivity index (χ1v) is 13.1. The minimum absolute atomic E-state index is 0.00269. The molecule has 0 bridgehead atoms. The highest BCUT2D eigenvalue weighted by molar-refractivity contribution is 5.84. The fourth-order valence-electron chi connectivity index (χ4n) is 8.22. The zero-order valence-electron chi connectivity index (χ0n) is 21.7. The zero-order chi connectivity index (χ0) is 24.4. The predicted octanol–water partition coefficient (Wildman–Crippen LogP) is 3.81. The van der Waals surface area contributed by atoms with E-state index in [4.69, 9.17) is 22.0 Å². The molecule has 0 aliphatic heterocycles. The normalized spacial score (nSPS) is 40.0. The monoisotopic (exact) mass is 463 g/mol. The number of carbonyl (C=O) groups is 1. The van der Waals surface area contributed by atoms with E-state index in [1.54, 1.807) is 6.92 Å². The lowest BCUT2D eigenvalue weighted by atomic mass is 9.43. The van der Waals surface area contributed by atoms with Crippen LogP contribution >= 0.6 is 0 Å². The van der Waals surface area contributed by atoms with Gasteiger partial charge in [-0.25, -0.2) is 11.0 Å². The minimum Gasteiger partial charge on any atom is -0.386 e. The van der Waals surface area contributed by atoms with Gasteiger partial charge in [-0.15, -0.1) is 5.10 Å². The molecule has 0 amide bonds. The Balaban J connectivity index is 1.82. The highest BCUT2D eigenvalue weighted by Gasteiger charge is 2.62. The van der Waals surface area contributed by atoms with Gasteiger partial charge in [0.1, 0.15) is 12.4 Å². The van der Waals surface area contributed by atoms with Crippen LogP contribution < -0.4 is 17.3 Å². The maximum atomic E-state index is 13.4. The first kappa shape index (κ1) is 26.4. The molecular weight excluding hydrogens is 414 g/mol. The van der Waals surface area contributed by atoms with Gasteiger partial charge in [-0.2, -0.15) is 0 Å². The maximum absolute atomic E-state index is 13.4. The molecular formula is C26H49N5O2. The van der Waals surface area contributed by atoms with Crippen molar-refractivity contribution in [3.63, 3.8) is 0 Å². The van der Waals surface area contributed by atoms with Gasteiger partial charge < -0.3 is 16.2 Å². The van der Waals surface area contributed by atoms with Gasteiger partial charge in [-0.1, -0.05) is 27.2 Å². The van der Waals surface area contributed by atoms with Crippen molar-refractivity contribution in [1.29, 1.82) is 0 Å². The Morgan fingerprint density at radius 1 is 1.21 bits per heavy atom. The van der Waals surface area contributed by atoms with Crippen molar-refractivity contribution < 1.29 is 9.53 Å². The average Bonchev–Trinajstić information content (AvgIpc) is 2.72. The Hall–Kier alpha value is -1.18. The second-order valence-electron chi connectivity index (χ2n) is 12.0. The summed E-state index contributed by atoms with van der Waals surface area (Å²) in [7, 11) is 1.84.